The van der Waals surface area contributed by atoms with Crippen molar-refractivity contribution in [1.82, 2.24) is 29.9 Å². The summed E-state index contributed by atoms with van der Waals surface area (Å²) in [6.45, 7) is 8.06. The molecule has 3 heterocycles. The van der Waals surface area contributed by atoms with Crippen molar-refractivity contribution in [3.63, 3.8) is 0 Å². The molecule has 146 valence electrons. The van der Waals surface area contributed by atoms with E-state index in [2.05, 4.69) is 39.8 Å². The number of aromatic nitrogens is 6. The van der Waals surface area contributed by atoms with Crippen LogP contribution in [0.1, 0.15) is 0 Å². The molecule has 28 heavy (non-hydrogen) atoms. The van der Waals surface area contributed by atoms with Crippen molar-refractivity contribution in [2.45, 2.75) is 32.4 Å². The van der Waals surface area contributed by atoms with Crippen LogP contribution >= 0.6 is 0 Å². The molecule has 0 aliphatic carbocycles. The number of rotatable bonds is 7. The zero-order valence-electron chi connectivity index (χ0n) is 16.6. The smallest absolute Gasteiger partial charge is 0.228 e. The second-order valence-electron chi connectivity index (χ2n) is 7.95. The Labute approximate surface area is 163 Å². The molecule has 0 radical (unpaired) electrons. The van der Waals surface area contributed by atoms with Gasteiger partial charge in [0.2, 0.25) is 5.88 Å². The molecule has 0 atom stereocenters. The standard InChI is InChI=1S/C19H24N6O2Si/c1-26-19-16-17(13-5-6-14-10-22-23-15(14)9-13)24-25(18(16)20-11-21-19)12-27-7-8-28(2,3)4/h5-6,9-11H,7-8,12H2,1-4H3,(H,22,23). The SMILES string of the molecule is COc1ncnc2c1c(-c1ccc3cn[nH]c3c1)nn2COCC[Si](C)(C)C. The largest absolute Gasteiger partial charge is 0.480 e. The van der Waals surface area contributed by atoms with E-state index in [4.69, 9.17) is 14.6 Å². The van der Waals surface area contributed by atoms with Gasteiger partial charge >= 0.3 is 0 Å². The molecule has 4 aromatic rings. The quantitative estimate of drug-likeness (QED) is 0.378. The third-order valence-corrected chi connectivity index (χ3v) is 6.32. The molecule has 0 saturated carbocycles. The first-order valence-corrected chi connectivity index (χ1v) is 12.9. The van der Waals surface area contributed by atoms with Gasteiger partial charge in [0.25, 0.3) is 0 Å². The summed E-state index contributed by atoms with van der Waals surface area (Å²) in [6.07, 6.45) is 3.29. The van der Waals surface area contributed by atoms with Crippen LogP contribution in [0.25, 0.3) is 33.2 Å². The Hall–Kier alpha value is -2.78. The Morgan fingerprint density at radius 2 is 2.04 bits per heavy atom. The van der Waals surface area contributed by atoms with Crippen molar-refractivity contribution in [1.29, 1.82) is 0 Å². The number of aromatic amines is 1. The highest BCUT2D eigenvalue weighted by molar-refractivity contribution is 6.76. The third kappa shape index (κ3) is 3.63. The first-order valence-electron chi connectivity index (χ1n) is 9.23. The fourth-order valence-corrected chi connectivity index (χ4v) is 3.80. The lowest BCUT2D eigenvalue weighted by Crippen LogP contribution is -2.22. The molecule has 8 nitrogen and oxygen atoms in total. The van der Waals surface area contributed by atoms with Crippen molar-refractivity contribution in [2.75, 3.05) is 13.7 Å². The maximum absolute atomic E-state index is 5.90. The Bertz CT molecular complexity index is 1110. The van der Waals surface area contributed by atoms with Gasteiger partial charge in [-0.25, -0.2) is 14.6 Å². The minimum Gasteiger partial charge on any atom is -0.480 e. The maximum atomic E-state index is 5.90. The van der Waals surface area contributed by atoms with E-state index in [0.717, 1.165) is 33.6 Å². The molecule has 9 heteroatoms. The van der Waals surface area contributed by atoms with Gasteiger partial charge in [0.15, 0.2) is 5.65 Å². The summed E-state index contributed by atoms with van der Waals surface area (Å²) in [6, 6.07) is 7.16. The summed E-state index contributed by atoms with van der Waals surface area (Å²) in [4.78, 5) is 8.70. The van der Waals surface area contributed by atoms with Gasteiger partial charge in [0.1, 0.15) is 24.1 Å². The Morgan fingerprint density at radius 3 is 2.82 bits per heavy atom. The zero-order chi connectivity index (χ0) is 19.7. The minimum atomic E-state index is -1.14. The van der Waals surface area contributed by atoms with Crippen LogP contribution in [0.5, 0.6) is 5.88 Å². The van der Waals surface area contributed by atoms with E-state index in [1.807, 2.05) is 18.2 Å². The van der Waals surface area contributed by atoms with E-state index in [9.17, 15) is 0 Å². The van der Waals surface area contributed by atoms with Crippen LogP contribution in [0.3, 0.4) is 0 Å². The number of hydrogen-bond acceptors (Lipinski definition) is 6. The molecule has 0 unspecified atom stereocenters. The molecule has 0 amide bonds. The lowest BCUT2D eigenvalue weighted by molar-refractivity contribution is 0.0814. The summed E-state index contributed by atoms with van der Waals surface area (Å²) in [7, 11) is 0.462. The van der Waals surface area contributed by atoms with E-state index in [1.165, 1.54) is 6.33 Å². The number of ether oxygens (including phenoxy) is 2. The Morgan fingerprint density at radius 1 is 1.18 bits per heavy atom. The number of methoxy groups -OCH3 is 1. The Balaban J connectivity index is 1.73. The molecule has 0 saturated heterocycles. The van der Waals surface area contributed by atoms with Crippen LogP contribution in [0, 0.1) is 0 Å². The number of hydrogen-bond donors (Lipinski definition) is 1. The summed E-state index contributed by atoms with van der Waals surface area (Å²) in [5, 5.41) is 13.7. The highest BCUT2D eigenvalue weighted by Gasteiger charge is 2.20. The molecule has 0 aliphatic heterocycles. The van der Waals surface area contributed by atoms with Gasteiger partial charge in [0, 0.05) is 25.6 Å². The number of benzene rings is 1. The van der Waals surface area contributed by atoms with Crippen LogP contribution in [-0.4, -0.2) is 51.7 Å². The number of H-pyrrole nitrogens is 1. The fraction of sp³-hybridized carbons (Fsp3) is 0.368. The second-order valence-corrected chi connectivity index (χ2v) is 13.6. The average Bonchev–Trinajstić information content (AvgIpc) is 3.28. The van der Waals surface area contributed by atoms with Gasteiger partial charge < -0.3 is 9.47 Å². The summed E-state index contributed by atoms with van der Waals surface area (Å²) in [5.74, 6) is 0.498. The lowest BCUT2D eigenvalue weighted by atomic mass is 10.1. The summed E-state index contributed by atoms with van der Waals surface area (Å²) >= 11 is 0. The van der Waals surface area contributed by atoms with Crippen LogP contribution in [-0.2, 0) is 11.5 Å². The molecule has 0 spiro atoms. The molecule has 0 fully saturated rings. The van der Waals surface area contributed by atoms with Crippen molar-refractivity contribution in [3.05, 3.63) is 30.7 Å². The number of nitrogens with zero attached hydrogens (tertiary/aromatic N) is 5. The van der Waals surface area contributed by atoms with Crippen LogP contribution in [0.4, 0.5) is 0 Å². The monoisotopic (exact) mass is 396 g/mol. The normalized spacial score (nSPS) is 12.1. The highest BCUT2D eigenvalue weighted by Crippen LogP contribution is 2.33. The Kier molecular flexibility index (Phi) is 4.86. The predicted octanol–water partition coefficient (Wildman–Crippen LogP) is 3.69. The van der Waals surface area contributed by atoms with Crippen molar-refractivity contribution >= 4 is 30.0 Å². The van der Waals surface area contributed by atoms with Gasteiger partial charge in [0.05, 0.1) is 18.8 Å². The molecule has 1 aromatic carbocycles. The number of nitrogens with one attached hydrogen (secondary N) is 1. The molecule has 0 aliphatic rings. The van der Waals surface area contributed by atoms with Crippen molar-refractivity contribution in [2.24, 2.45) is 0 Å². The van der Waals surface area contributed by atoms with Gasteiger partial charge in [-0.3, -0.25) is 5.10 Å². The van der Waals surface area contributed by atoms with E-state index in [-0.39, 0.29) is 0 Å². The van der Waals surface area contributed by atoms with Gasteiger partial charge in [-0.05, 0) is 12.1 Å². The van der Waals surface area contributed by atoms with E-state index in [1.54, 1.807) is 18.0 Å². The first kappa shape index (κ1) is 18.6. The van der Waals surface area contributed by atoms with Crippen LogP contribution < -0.4 is 4.74 Å². The van der Waals surface area contributed by atoms with Crippen molar-refractivity contribution in [3.8, 4) is 17.1 Å². The van der Waals surface area contributed by atoms with Crippen molar-refractivity contribution < 1.29 is 9.47 Å². The van der Waals surface area contributed by atoms with E-state index in [0.29, 0.717) is 24.9 Å². The minimum absolute atomic E-state index is 0.341. The highest BCUT2D eigenvalue weighted by atomic mass is 28.3. The third-order valence-electron chi connectivity index (χ3n) is 4.61. The molecule has 3 aromatic heterocycles. The first-order chi connectivity index (χ1) is 13.5. The molecule has 0 bridgehead atoms. The summed E-state index contributed by atoms with van der Waals surface area (Å²) in [5.41, 5.74) is 3.34. The van der Waals surface area contributed by atoms with E-state index < -0.39 is 8.07 Å². The second kappa shape index (κ2) is 7.32. The number of fused-ring (bicyclic) bond motifs is 2. The maximum Gasteiger partial charge on any atom is 0.228 e. The van der Waals surface area contributed by atoms with E-state index >= 15 is 0 Å². The van der Waals surface area contributed by atoms with Crippen LogP contribution in [0.15, 0.2) is 30.7 Å². The fourth-order valence-electron chi connectivity index (χ4n) is 3.04. The topological polar surface area (TPSA) is 90.7 Å². The van der Waals surface area contributed by atoms with Gasteiger partial charge in [-0.2, -0.15) is 10.2 Å². The molecular formula is C19H24N6O2Si. The van der Waals surface area contributed by atoms with Gasteiger partial charge in [-0.1, -0.05) is 31.8 Å². The lowest BCUT2D eigenvalue weighted by Gasteiger charge is -2.15. The molecule has 4 rings (SSSR count). The average molecular weight is 397 g/mol. The van der Waals surface area contributed by atoms with Gasteiger partial charge in [-0.15, -0.1) is 0 Å². The van der Waals surface area contributed by atoms with Crippen LogP contribution in [0.2, 0.25) is 25.7 Å². The zero-order valence-corrected chi connectivity index (χ0v) is 17.6. The summed E-state index contributed by atoms with van der Waals surface area (Å²) < 4.78 is 13.2. The molecule has 1 N–H and O–H groups in total. The molecular weight excluding hydrogens is 372 g/mol. The predicted molar refractivity (Wildman–Crippen MR) is 111 cm³/mol.